The van der Waals surface area contributed by atoms with Gasteiger partial charge in [-0.2, -0.15) is 0 Å². The van der Waals surface area contributed by atoms with Gasteiger partial charge in [0.15, 0.2) is 0 Å². The molecule has 0 nitrogen and oxygen atoms in total. The van der Waals surface area contributed by atoms with Crippen LogP contribution in [-0.4, -0.2) is 0 Å². The first kappa shape index (κ1) is 10.4. The van der Waals surface area contributed by atoms with Crippen molar-refractivity contribution in [3.05, 3.63) is 24.1 Å². The average Bonchev–Trinajstić information content (AvgIpc) is 2.20. The molecule has 0 saturated heterocycles. The Bertz CT molecular complexity index is 145. The highest BCUT2D eigenvalue weighted by Crippen LogP contribution is 2.15. The largest absolute Gasteiger partial charge is 0.212 e. The molecule has 1 heteroatoms. The zero-order chi connectivity index (χ0) is 8.69. The summed E-state index contributed by atoms with van der Waals surface area (Å²) in [5.74, 6) is 0.522. The maximum Gasteiger partial charge on any atom is 0.0997 e. The molecule has 0 heterocycles. The van der Waals surface area contributed by atoms with Crippen LogP contribution in [0.4, 0.5) is 4.39 Å². The summed E-state index contributed by atoms with van der Waals surface area (Å²) >= 11 is 0. The minimum Gasteiger partial charge on any atom is -0.212 e. The Morgan fingerprint density at radius 3 is 2.73 bits per heavy atom. The van der Waals surface area contributed by atoms with E-state index in [1.54, 1.807) is 6.08 Å². The monoisotopic (exact) mass is 156 g/mol. The molecule has 0 amide bonds. The fourth-order valence-electron chi connectivity index (χ4n) is 0.889. The molecule has 0 N–H and O–H groups in total. The molecule has 0 saturated carbocycles. The highest BCUT2D eigenvalue weighted by Gasteiger charge is 2.00. The zero-order valence-electron chi connectivity index (χ0n) is 7.60. The lowest BCUT2D eigenvalue weighted by Gasteiger charge is -1.95. The van der Waals surface area contributed by atoms with Gasteiger partial charge in [-0.05, 0) is 12.3 Å². The van der Waals surface area contributed by atoms with Crippen molar-refractivity contribution >= 4 is 0 Å². The van der Waals surface area contributed by atoms with Crippen molar-refractivity contribution in [3.63, 3.8) is 0 Å². The van der Waals surface area contributed by atoms with Crippen molar-refractivity contribution in [2.24, 2.45) is 5.92 Å². The van der Waals surface area contributed by atoms with Crippen LogP contribution >= 0.6 is 0 Å². The molecule has 0 aromatic rings. The molecule has 0 bridgehead atoms. The predicted octanol–water partition coefficient (Wildman–Crippen LogP) is 3.85. The van der Waals surface area contributed by atoms with Gasteiger partial charge in [0.25, 0.3) is 0 Å². The van der Waals surface area contributed by atoms with Crippen molar-refractivity contribution < 1.29 is 4.39 Å². The molecule has 1 unspecified atom stereocenters. The van der Waals surface area contributed by atoms with Crippen LogP contribution in [0.5, 0.6) is 0 Å². The summed E-state index contributed by atoms with van der Waals surface area (Å²) in [4.78, 5) is 0. The molecule has 64 valence electrons. The molecule has 1 atom stereocenters. The van der Waals surface area contributed by atoms with Gasteiger partial charge in [-0.25, -0.2) is 4.39 Å². The first-order valence-electron chi connectivity index (χ1n) is 4.30. The van der Waals surface area contributed by atoms with E-state index in [0.29, 0.717) is 12.3 Å². The van der Waals surface area contributed by atoms with Gasteiger partial charge in [-0.15, -0.1) is 0 Å². The van der Waals surface area contributed by atoms with E-state index in [9.17, 15) is 4.39 Å². The lowest BCUT2D eigenvalue weighted by molar-refractivity contribution is 0.610. The van der Waals surface area contributed by atoms with Crippen LogP contribution in [0.15, 0.2) is 24.1 Å². The molecular weight excluding hydrogens is 139 g/mol. The second-order valence-corrected chi connectivity index (χ2v) is 2.50. The second kappa shape index (κ2) is 6.14. The summed E-state index contributed by atoms with van der Waals surface area (Å²) in [6.07, 6.45) is 6.96. The van der Waals surface area contributed by atoms with E-state index in [0.717, 1.165) is 6.42 Å². The van der Waals surface area contributed by atoms with Gasteiger partial charge in [0, 0.05) is 6.42 Å². The fourth-order valence-corrected chi connectivity index (χ4v) is 0.889. The molecule has 0 aromatic carbocycles. The molecule has 0 aromatic heterocycles. The fraction of sp³-hybridized carbons (Fsp3) is 0.600. The highest BCUT2D eigenvalue weighted by atomic mass is 19.1. The molecule has 1 rings (SSSR count). The Labute approximate surface area is 68.8 Å². The van der Waals surface area contributed by atoms with E-state index in [2.05, 4.69) is 13.0 Å². The summed E-state index contributed by atoms with van der Waals surface area (Å²) in [5.41, 5.74) is 0. The van der Waals surface area contributed by atoms with Gasteiger partial charge in [-0.3, -0.25) is 0 Å². The molecule has 0 fully saturated rings. The van der Waals surface area contributed by atoms with Crippen molar-refractivity contribution in [1.29, 1.82) is 0 Å². The third-order valence-corrected chi connectivity index (χ3v) is 1.49. The van der Waals surface area contributed by atoms with Crippen LogP contribution in [0.25, 0.3) is 0 Å². The van der Waals surface area contributed by atoms with E-state index >= 15 is 0 Å². The van der Waals surface area contributed by atoms with Crippen molar-refractivity contribution in [1.82, 2.24) is 0 Å². The van der Waals surface area contributed by atoms with Gasteiger partial charge >= 0.3 is 0 Å². The van der Waals surface area contributed by atoms with Crippen LogP contribution in [-0.2, 0) is 0 Å². The van der Waals surface area contributed by atoms with Crippen LogP contribution in [0.2, 0.25) is 0 Å². The lowest BCUT2D eigenvalue weighted by atomic mass is 10.1. The number of hydrogen-bond acceptors (Lipinski definition) is 0. The van der Waals surface area contributed by atoms with Crippen molar-refractivity contribution in [2.75, 3.05) is 0 Å². The Morgan fingerprint density at radius 1 is 1.45 bits per heavy atom. The van der Waals surface area contributed by atoms with Crippen LogP contribution < -0.4 is 0 Å². The van der Waals surface area contributed by atoms with E-state index in [1.807, 2.05) is 19.9 Å². The van der Waals surface area contributed by atoms with Crippen LogP contribution in [0.3, 0.4) is 0 Å². The zero-order valence-corrected chi connectivity index (χ0v) is 7.60. The summed E-state index contributed by atoms with van der Waals surface area (Å²) in [5, 5.41) is 0. The van der Waals surface area contributed by atoms with Gasteiger partial charge in [0.1, 0.15) is 0 Å². The third-order valence-electron chi connectivity index (χ3n) is 1.49. The molecule has 0 spiro atoms. The van der Waals surface area contributed by atoms with Crippen LogP contribution in [0.1, 0.15) is 33.6 Å². The predicted molar refractivity (Wildman–Crippen MR) is 48.1 cm³/mol. The number of allylic oxidation sites excluding steroid dienone is 4. The van der Waals surface area contributed by atoms with E-state index < -0.39 is 0 Å². The van der Waals surface area contributed by atoms with E-state index in [4.69, 9.17) is 0 Å². The minimum absolute atomic E-state index is 0.00981. The van der Waals surface area contributed by atoms with Gasteiger partial charge < -0.3 is 0 Å². The highest BCUT2D eigenvalue weighted by molar-refractivity contribution is 5.06. The molecule has 0 radical (unpaired) electrons. The quantitative estimate of drug-likeness (QED) is 0.467. The third kappa shape index (κ3) is 4.77. The summed E-state index contributed by atoms with van der Waals surface area (Å²) in [6.45, 7) is 6.09. The normalized spacial score (nSPS) is 22.9. The summed E-state index contributed by atoms with van der Waals surface area (Å²) in [7, 11) is 0. The average molecular weight is 156 g/mol. The molecule has 0 aliphatic heterocycles. The number of halogens is 1. The maximum atomic E-state index is 12.4. The van der Waals surface area contributed by atoms with Gasteiger partial charge in [0.2, 0.25) is 0 Å². The number of rotatable bonds is 0. The second-order valence-electron chi connectivity index (χ2n) is 2.50. The Kier molecular flexibility index (Phi) is 5.81. The molecule has 1 aliphatic rings. The smallest absolute Gasteiger partial charge is 0.0997 e. The van der Waals surface area contributed by atoms with Crippen molar-refractivity contribution in [3.8, 4) is 0 Å². The topological polar surface area (TPSA) is 0 Å². The summed E-state index contributed by atoms with van der Waals surface area (Å²) in [6, 6.07) is 0. The lowest BCUT2D eigenvalue weighted by Crippen LogP contribution is -1.82. The number of hydrogen-bond donors (Lipinski definition) is 0. The molecule has 1 aliphatic carbocycles. The van der Waals surface area contributed by atoms with E-state index in [-0.39, 0.29) is 5.83 Å². The Morgan fingerprint density at radius 2 is 2.09 bits per heavy atom. The van der Waals surface area contributed by atoms with E-state index in [1.165, 1.54) is 0 Å². The Hall–Kier alpha value is -0.590. The molecular formula is C10H17F. The maximum absolute atomic E-state index is 12.4. The first-order chi connectivity index (χ1) is 5.29. The summed E-state index contributed by atoms with van der Waals surface area (Å²) < 4.78 is 12.4. The standard InChI is InChI=1S/C8H11F.C2H6/c1-7-3-2-4-8(9)6-5-7;1-2/h2-3,6-7H,4-5H2,1H3;1-2H3. The van der Waals surface area contributed by atoms with Gasteiger partial charge in [-0.1, -0.05) is 39.0 Å². The van der Waals surface area contributed by atoms with Gasteiger partial charge in [0.05, 0.1) is 5.83 Å². The SMILES string of the molecule is CC.CC1C=CCC(F)=CC1. The first-order valence-corrected chi connectivity index (χ1v) is 4.30. The molecule has 11 heavy (non-hydrogen) atoms. The van der Waals surface area contributed by atoms with Crippen LogP contribution in [0, 0.1) is 5.92 Å². The Balaban J connectivity index is 0.000000461. The minimum atomic E-state index is 0.00981. The van der Waals surface area contributed by atoms with Crippen molar-refractivity contribution in [2.45, 2.75) is 33.6 Å².